The van der Waals surface area contributed by atoms with Crippen LogP contribution >= 0.6 is 0 Å². The minimum Gasteiger partial charge on any atom is -0.486 e. The molecule has 3 rings (SSSR count). The van der Waals surface area contributed by atoms with E-state index in [0.29, 0.717) is 19.8 Å². The molecule has 6 nitrogen and oxygen atoms in total. The Kier molecular flexibility index (Phi) is 4.05. The second-order valence-corrected chi connectivity index (χ2v) is 7.59. The van der Waals surface area contributed by atoms with E-state index >= 15 is 0 Å². The number of hydrogen-bond acceptors (Lipinski definition) is 6. The predicted molar refractivity (Wildman–Crippen MR) is 77.6 cm³/mol. The van der Waals surface area contributed by atoms with Crippen LogP contribution in [0.5, 0.6) is 11.5 Å². The number of fused-ring (bicyclic) bond motifs is 1. The van der Waals surface area contributed by atoms with Gasteiger partial charge >= 0.3 is 0 Å². The monoisotopic (exact) mass is 313 g/mol. The van der Waals surface area contributed by atoms with E-state index in [1.807, 2.05) is 18.2 Å². The van der Waals surface area contributed by atoms with Crippen molar-refractivity contribution < 1.29 is 23.0 Å². The fourth-order valence-corrected chi connectivity index (χ4v) is 4.45. The van der Waals surface area contributed by atoms with Gasteiger partial charge < -0.3 is 19.9 Å². The predicted octanol–water partition coefficient (Wildman–Crippen LogP) is -0.252. The zero-order chi connectivity index (χ0) is 14.9. The summed E-state index contributed by atoms with van der Waals surface area (Å²) in [7, 11) is -3.10. The minimum atomic E-state index is -3.10. The van der Waals surface area contributed by atoms with Crippen LogP contribution < -0.4 is 14.8 Å². The lowest BCUT2D eigenvalue weighted by molar-refractivity contribution is 0.166. The van der Waals surface area contributed by atoms with Gasteiger partial charge in [0.15, 0.2) is 21.3 Å². The molecule has 2 aliphatic rings. The number of nitrogens with one attached hydrogen (secondary N) is 1. The van der Waals surface area contributed by atoms with Crippen molar-refractivity contribution in [3.05, 3.63) is 23.8 Å². The molecule has 2 aliphatic heterocycles. The minimum absolute atomic E-state index is 0.00923. The fraction of sp³-hybridized carbons (Fsp3) is 0.571. The second-order valence-electron chi connectivity index (χ2n) is 5.43. The fourth-order valence-electron chi connectivity index (χ4n) is 2.67. The average molecular weight is 313 g/mol. The van der Waals surface area contributed by atoms with Gasteiger partial charge in [-0.3, -0.25) is 0 Å². The largest absolute Gasteiger partial charge is 0.486 e. The molecule has 0 amide bonds. The van der Waals surface area contributed by atoms with Gasteiger partial charge in [0.1, 0.15) is 13.2 Å². The Labute approximate surface area is 124 Å². The van der Waals surface area contributed by atoms with Crippen LogP contribution in [0.15, 0.2) is 18.2 Å². The van der Waals surface area contributed by atoms with Crippen molar-refractivity contribution in [2.75, 3.05) is 31.3 Å². The van der Waals surface area contributed by atoms with Crippen LogP contribution in [0.25, 0.3) is 0 Å². The zero-order valence-corrected chi connectivity index (χ0v) is 12.4. The Bertz CT molecular complexity index is 616. The van der Waals surface area contributed by atoms with Crippen LogP contribution in [-0.2, 0) is 16.3 Å². The number of hydrogen-bond donors (Lipinski definition) is 2. The van der Waals surface area contributed by atoms with Crippen LogP contribution in [0.4, 0.5) is 0 Å². The molecule has 1 aromatic rings. The van der Waals surface area contributed by atoms with Gasteiger partial charge in [-0.15, -0.1) is 0 Å². The highest BCUT2D eigenvalue weighted by molar-refractivity contribution is 7.91. The van der Waals surface area contributed by atoms with Crippen molar-refractivity contribution in [2.24, 2.45) is 0 Å². The standard InChI is InChI=1S/C14H19NO5S/c16-12-9-21(17,18)8-11(12)15-4-3-10-1-2-13-14(7-10)20-6-5-19-13/h1-2,7,11-12,15-16H,3-6,8-9H2/t11-,12+/m1/s1. The third-order valence-corrected chi connectivity index (χ3v) is 5.47. The van der Waals surface area contributed by atoms with Gasteiger partial charge in [-0.05, 0) is 30.7 Å². The maximum atomic E-state index is 11.4. The van der Waals surface area contributed by atoms with Gasteiger partial charge in [-0.2, -0.15) is 0 Å². The van der Waals surface area contributed by atoms with Gasteiger partial charge in [0.25, 0.3) is 0 Å². The van der Waals surface area contributed by atoms with Gasteiger partial charge in [0.05, 0.1) is 17.6 Å². The van der Waals surface area contributed by atoms with Crippen molar-refractivity contribution in [1.29, 1.82) is 0 Å². The van der Waals surface area contributed by atoms with Crippen molar-refractivity contribution >= 4 is 9.84 Å². The van der Waals surface area contributed by atoms with Gasteiger partial charge in [-0.1, -0.05) is 6.07 Å². The van der Waals surface area contributed by atoms with E-state index in [2.05, 4.69) is 5.32 Å². The Morgan fingerprint density at radius 3 is 2.67 bits per heavy atom. The van der Waals surface area contributed by atoms with Crippen LogP contribution in [0, 0.1) is 0 Å². The molecule has 116 valence electrons. The van der Waals surface area contributed by atoms with E-state index < -0.39 is 15.9 Å². The van der Waals surface area contributed by atoms with E-state index in [9.17, 15) is 13.5 Å². The average Bonchev–Trinajstić information content (AvgIpc) is 2.71. The molecule has 0 bridgehead atoms. The van der Waals surface area contributed by atoms with E-state index in [1.54, 1.807) is 0 Å². The number of sulfone groups is 1. The number of ether oxygens (including phenoxy) is 2. The van der Waals surface area contributed by atoms with Crippen molar-refractivity contribution in [3.63, 3.8) is 0 Å². The molecular weight excluding hydrogens is 294 g/mol. The van der Waals surface area contributed by atoms with Gasteiger partial charge in [-0.25, -0.2) is 8.42 Å². The molecule has 0 unspecified atom stereocenters. The Hall–Kier alpha value is -1.31. The quantitative estimate of drug-likeness (QED) is 0.797. The lowest BCUT2D eigenvalue weighted by atomic mass is 10.1. The summed E-state index contributed by atoms with van der Waals surface area (Å²) in [4.78, 5) is 0. The first-order chi connectivity index (χ1) is 10.0. The summed E-state index contributed by atoms with van der Waals surface area (Å²) in [5, 5.41) is 12.8. The molecule has 0 saturated carbocycles. The summed E-state index contributed by atoms with van der Waals surface area (Å²) in [5.74, 6) is 1.38. The van der Waals surface area contributed by atoms with E-state index in [4.69, 9.17) is 9.47 Å². The molecule has 1 aromatic carbocycles. The highest BCUT2D eigenvalue weighted by Crippen LogP contribution is 2.30. The number of benzene rings is 1. The van der Waals surface area contributed by atoms with Crippen molar-refractivity contribution in [2.45, 2.75) is 18.6 Å². The Morgan fingerprint density at radius 1 is 1.19 bits per heavy atom. The Morgan fingerprint density at radius 2 is 1.95 bits per heavy atom. The van der Waals surface area contributed by atoms with Crippen LogP contribution in [0.2, 0.25) is 0 Å². The highest BCUT2D eigenvalue weighted by Gasteiger charge is 2.35. The molecule has 0 spiro atoms. The second kappa shape index (κ2) is 5.82. The molecule has 0 aliphatic carbocycles. The van der Waals surface area contributed by atoms with Crippen molar-refractivity contribution in [3.8, 4) is 11.5 Å². The van der Waals surface area contributed by atoms with Crippen molar-refractivity contribution in [1.82, 2.24) is 5.32 Å². The smallest absolute Gasteiger partial charge is 0.161 e. The first-order valence-corrected chi connectivity index (χ1v) is 8.86. The van der Waals surface area contributed by atoms with Crippen LogP contribution in [0.1, 0.15) is 5.56 Å². The molecule has 2 heterocycles. The molecule has 21 heavy (non-hydrogen) atoms. The molecular formula is C14H19NO5S. The number of aliphatic hydroxyl groups is 1. The highest BCUT2D eigenvalue weighted by atomic mass is 32.2. The van der Waals surface area contributed by atoms with E-state index in [1.165, 1.54) is 0 Å². The molecule has 1 saturated heterocycles. The van der Waals surface area contributed by atoms with Crippen LogP contribution in [0.3, 0.4) is 0 Å². The molecule has 0 aromatic heterocycles. The summed E-state index contributed by atoms with van der Waals surface area (Å²) in [6.07, 6.45) is -0.0739. The summed E-state index contributed by atoms with van der Waals surface area (Å²) in [6.45, 7) is 1.74. The molecule has 1 fully saturated rings. The molecule has 2 atom stereocenters. The number of rotatable bonds is 4. The normalized spacial score (nSPS) is 26.7. The third kappa shape index (κ3) is 3.48. The Balaban J connectivity index is 1.54. The molecule has 0 radical (unpaired) electrons. The van der Waals surface area contributed by atoms with Gasteiger partial charge in [0.2, 0.25) is 0 Å². The van der Waals surface area contributed by atoms with Crippen LogP contribution in [-0.4, -0.2) is 56.9 Å². The van der Waals surface area contributed by atoms with Gasteiger partial charge in [0, 0.05) is 6.04 Å². The van der Waals surface area contributed by atoms with E-state index in [0.717, 1.165) is 23.5 Å². The summed E-state index contributed by atoms with van der Waals surface area (Å²) < 4.78 is 33.8. The lowest BCUT2D eigenvalue weighted by Gasteiger charge is -2.19. The SMILES string of the molecule is O=S1(=O)C[C@H](O)[C@H](NCCc2ccc3c(c2)OCCO3)C1. The first kappa shape index (κ1) is 14.6. The molecule has 2 N–H and O–H groups in total. The third-order valence-electron chi connectivity index (χ3n) is 3.75. The number of aliphatic hydroxyl groups excluding tert-OH is 1. The summed E-state index contributed by atoms with van der Waals surface area (Å²) >= 11 is 0. The topological polar surface area (TPSA) is 84.9 Å². The lowest BCUT2D eigenvalue weighted by Crippen LogP contribution is -2.39. The summed E-state index contributed by atoms with van der Waals surface area (Å²) in [6, 6.07) is 5.43. The first-order valence-electron chi connectivity index (χ1n) is 7.04. The maximum Gasteiger partial charge on any atom is 0.161 e. The summed E-state index contributed by atoms with van der Waals surface area (Å²) in [5.41, 5.74) is 1.09. The maximum absolute atomic E-state index is 11.4. The zero-order valence-electron chi connectivity index (χ0n) is 11.6. The molecule has 7 heteroatoms. The van der Waals surface area contributed by atoms with E-state index in [-0.39, 0.29) is 17.5 Å².